The number of unbranched alkanes of at least 4 members (excludes halogenated alkanes) is 9. The van der Waals surface area contributed by atoms with Crippen molar-refractivity contribution in [3.05, 3.63) is 52.3 Å². The Bertz CT molecular complexity index is 859. The number of rotatable bonds is 16. The molecule has 182 valence electrons. The smallest absolute Gasteiger partial charge is 0.251 e. The number of carbonyl (C=O) groups is 1. The van der Waals surface area contributed by atoms with Crippen molar-refractivity contribution >= 4 is 21.8 Å². The van der Waals surface area contributed by atoms with E-state index in [4.69, 9.17) is 9.84 Å². The maximum absolute atomic E-state index is 13.8. The van der Waals surface area contributed by atoms with Crippen LogP contribution in [0.15, 0.2) is 40.9 Å². The predicted molar refractivity (Wildman–Crippen MR) is 136 cm³/mol. The normalized spacial score (nSPS) is 10.9. The lowest BCUT2D eigenvalue weighted by Gasteiger charge is -2.15. The molecule has 0 spiro atoms. The van der Waals surface area contributed by atoms with Crippen molar-refractivity contribution in [2.45, 2.75) is 71.1 Å². The largest absolute Gasteiger partial charge is 0.489 e. The molecular formula is C27H37BrFNO3. The number of aliphatic hydroxyl groups excluding tert-OH is 1. The molecule has 2 rings (SSSR count). The third-order valence-electron chi connectivity index (χ3n) is 5.59. The SMILES string of the molecule is CCCCCCCCCCCCNC(=O)c1cc(Br)c(OCCO)c(-c2cccc(F)c2)c1. The third kappa shape index (κ3) is 9.85. The molecule has 0 saturated heterocycles. The number of halogens is 2. The first kappa shape index (κ1) is 27.3. The van der Waals surface area contributed by atoms with Gasteiger partial charge >= 0.3 is 0 Å². The van der Waals surface area contributed by atoms with Crippen LogP contribution < -0.4 is 10.1 Å². The van der Waals surface area contributed by atoms with Crippen LogP contribution in [0.5, 0.6) is 5.75 Å². The van der Waals surface area contributed by atoms with Crippen LogP contribution in [0.2, 0.25) is 0 Å². The van der Waals surface area contributed by atoms with Crippen molar-refractivity contribution in [1.29, 1.82) is 0 Å². The first-order valence-corrected chi connectivity index (χ1v) is 13.0. The standard InChI is InChI=1S/C27H37BrFNO3/c1-2-3-4-5-6-7-8-9-10-11-15-30-27(32)22-19-24(21-13-12-14-23(29)18-21)26(25(28)20-22)33-17-16-31/h12-14,18-20,31H,2-11,15-17H2,1H3,(H,30,32). The van der Waals surface area contributed by atoms with Crippen molar-refractivity contribution in [2.75, 3.05) is 19.8 Å². The van der Waals surface area contributed by atoms with Crippen molar-refractivity contribution in [2.24, 2.45) is 0 Å². The average Bonchev–Trinajstić information content (AvgIpc) is 2.81. The van der Waals surface area contributed by atoms with Crippen LogP contribution in [0.4, 0.5) is 4.39 Å². The van der Waals surface area contributed by atoms with Gasteiger partial charge in [0.05, 0.1) is 11.1 Å². The van der Waals surface area contributed by atoms with Crippen LogP contribution in [-0.2, 0) is 0 Å². The molecule has 2 aromatic rings. The van der Waals surface area contributed by atoms with Crippen molar-refractivity contribution in [3.63, 3.8) is 0 Å². The summed E-state index contributed by atoms with van der Waals surface area (Å²) in [5, 5.41) is 12.1. The van der Waals surface area contributed by atoms with Crippen LogP contribution >= 0.6 is 15.9 Å². The Balaban J connectivity index is 1.88. The predicted octanol–water partition coefficient (Wildman–Crippen LogP) is 7.28. The second-order valence-electron chi connectivity index (χ2n) is 8.36. The van der Waals surface area contributed by atoms with Gasteiger partial charge in [0.25, 0.3) is 5.91 Å². The van der Waals surface area contributed by atoms with Gasteiger partial charge in [-0.1, -0.05) is 76.8 Å². The minimum absolute atomic E-state index is 0.102. The van der Waals surface area contributed by atoms with Gasteiger partial charge in [0, 0.05) is 17.7 Å². The van der Waals surface area contributed by atoms with Crippen LogP contribution in [0, 0.1) is 5.82 Å². The number of aliphatic hydroxyl groups is 1. The fourth-order valence-corrected chi connectivity index (χ4v) is 4.38. The maximum atomic E-state index is 13.8. The highest BCUT2D eigenvalue weighted by molar-refractivity contribution is 9.10. The maximum Gasteiger partial charge on any atom is 0.251 e. The van der Waals surface area contributed by atoms with Gasteiger partial charge in [0.15, 0.2) is 0 Å². The number of amides is 1. The van der Waals surface area contributed by atoms with E-state index in [1.165, 1.54) is 63.5 Å². The Morgan fingerprint density at radius 1 is 1.00 bits per heavy atom. The average molecular weight is 522 g/mol. The van der Waals surface area contributed by atoms with Gasteiger partial charge < -0.3 is 15.2 Å². The van der Waals surface area contributed by atoms with Crippen molar-refractivity contribution in [3.8, 4) is 16.9 Å². The summed E-state index contributed by atoms with van der Waals surface area (Å²) in [5.41, 5.74) is 1.68. The second kappa shape index (κ2) is 15.8. The summed E-state index contributed by atoms with van der Waals surface area (Å²) in [7, 11) is 0. The highest BCUT2D eigenvalue weighted by atomic mass is 79.9. The Hall–Kier alpha value is -1.92. The van der Waals surface area contributed by atoms with E-state index in [2.05, 4.69) is 28.2 Å². The zero-order valence-electron chi connectivity index (χ0n) is 19.7. The molecule has 0 aromatic heterocycles. The second-order valence-corrected chi connectivity index (χ2v) is 9.21. The molecule has 33 heavy (non-hydrogen) atoms. The Kier molecular flexibility index (Phi) is 13.1. The molecule has 0 bridgehead atoms. The van der Waals surface area contributed by atoms with Crippen LogP contribution in [0.1, 0.15) is 81.5 Å². The van der Waals surface area contributed by atoms with Crippen molar-refractivity contribution < 1.29 is 19.0 Å². The molecule has 0 aliphatic rings. The Labute approximate surface area is 206 Å². The Morgan fingerprint density at radius 3 is 2.30 bits per heavy atom. The van der Waals surface area contributed by atoms with Gasteiger partial charge in [0.2, 0.25) is 0 Å². The molecule has 4 nitrogen and oxygen atoms in total. The summed E-state index contributed by atoms with van der Waals surface area (Å²) in [4.78, 5) is 12.7. The lowest BCUT2D eigenvalue weighted by atomic mass is 10.0. The molecule has 1 amide bonds. The first-order chi connectivity index (χ1) is 16.1. The highest BCUT2D eigenvalue weighted by Crippen LogP contribution is 2.38. The quantitative estimate of drug-likeness (QED) is 0.228. The summed E-state index contributed by atoms with van der Waals surface area (Å²) in [5.74, 6) is -0.0635. The van der Waals surface area contributed by atoms with Crippen LogP contribution in [0.25, 0.3) is 11.1 Å². The monoisotopic (exact) mass is 521 g/mol. The van der Waals surface area contributed by atoms with E-state index in [1.807, 2.05) is 0 Å². The summed E-state index contributed by atoms with van der Waals surface area (Å²) < 4.78 is 20.1. The summed E-state index contributed by atoms with van der Waals surface area (Å²) in [6.07, 6.45) is 12.5. The molecule has 0 aliphatic heterocycles. The third-order valence-corrected chi connectivity index (χ3v) is 6.18. The summed E-state index contributed by atoms with van der Waals surface area (Å²) >= 11 is 3.47. The van der Waals surface area contributed by atoms with E-state index >= 15 is 0 Å². The van der Waals surface area contributed by atoms with Gasteiger partial charge in [-0.2, -0.15) is 0 Å². The molecule has 0 fully saturated rings. The first-order valence-electron chi connectivity index (χ1n) is 12.2. The molecule has 0 unspecified atom stereocenters. The zero-order chi connectivity index (χ0) is 23.9. The fourth-order valence-electron chi connectivity index (χ4n) is 3.81. The minimum Gasteiger partial charge on any atom is -0.489 e. The topological polar surface area (TPSA) is 58.6 Å². The van der Waals surface area contributed by atoms with Crippen molar-refractivity contribution in [1.82, 2.24) is 5.32 Å². The van der Waals surface area contributed by atoms with Crippen LogP contribution in [-0.4, -0.2) is 30.8 Å². The molecule has 0 saturated carbocycles. The van der Waals surface area contributed by atoms with E-state index in [0.29, 0.717) is 33.5 Å². The fraction of sp³-hybridized carbons (Fsp3) is 0.519. The molecule has 0 atom stereocenters. The molecule has 2 N–H and O–H groups in total. The minimum atomic E-state index is -0.368. The molecule has 2 aromatic carbocycles. The van der Waals surface area contributed by atoms with E-state index in [9.17, 15) is 9.18 Å². The number of benzene rings is 2. The van der Waals surface area contributed by atoms with E-state index in [-0.39, 0.29) is 24.9 Å². The molecule has 6 heteroatoms. The number of nitrogens with one attached hydrogen (secondary N) is 1. The molecule has 0 aliphatic carbocycles. The molecular weight excluding hydrogens is 485 g/mol. The summed E-state index contributed by atoms with van der Waals surface area (Å²) in [6, 6.07) is 9.56. The van der Waals surface area contributed by atoms with Gasteiger partial charge in [-0.25, -0.2) is 4.39 Å². The van der Waals surface area contributed by atoms with Gasteiger partial charge in [-0.05, 0) is 52.2 Å². The van der Waals surface area contributed by atoms with Gasteiger partial charge in [-0.15, -0.1) is 0 Å². The lowest BCUT2D eigenvalue weighted by Crippen LogP contribution is -2.24. The number of hydrogen-bond acceptors (Lipinski definition) is 3. The molecule has 0 radical (unpaired) electrons. The van der Waals surface area contributed by atoms with E-state index in [0.717, 1.165) is 12.8 Å². The van der Waals surface area contributed by atoms with E-state index < -0.39 is 0 Å². The lowest BCUT2D eigenvalue weighted by molar-refractivity contribution is 0.0952. The number of carbonyl (C=O) groups excluding carboxylic acids is 1. The van der Waals surface area contributed by atoms with Gasteiger partial charge in [-0.3, -0.25) is 4.79 Å². The highest BCUT2D eigenvalue weighted by Gasteiger charge is 2.16. The van der Waals surface area contributed by atoms with E-state index in [1.54, 1.807) is 24.3 Å². The number of hydrogen-bond donors (Lipinski definition) is 2. The summed E-state index contributed by atoms with van der Waals surface area (Å²) in [6.45, 7) is 2.83. The zero-order valence-corrected chi connectivity index (χ0v) is 21.3. The van der Waals surface area contributed by atoms with Gasteiger partial charge in [0.1, 0.15) is 18.2 Å². The van der Waals surface area contributed by atoms with Crippen LogP contribution in [0.3, 0.4) is 0 Å². The Morgan fingerprint density at radius 2 is 1.67 bits per heavy atom. The number of ether oxygens (including phenoxy) is 1. The molecule has 0 heterocycles.